The van der Waals surface area contributed by atoms with Gasteiger partial charge >= 0.3 is 0 Å². The highest BCUT2D eigenvalue weighted by Crippen LogP contribution is 2.31. The number of nitrogens with two attached hydrogens (primary N) is 1. The fraction of sp³-hybridized carbons (Fsp3) is 0.579. The van der Waals surface area contributed by atoms with Gasteiger partial charge in [0.05, 0.1) is 6.04 Å². The summed E-state index contributed by atoms with van der Waals surface area (Å²) < 4.78 is 5.68. The summed E-state index contributed by atoms with van der Waals surface area (Å²) in [5, 5.41) is 3.11. The summed E-state index contributed by atoms with van der Waals surface area (Å²) in [6, 6.07) is 7.78. The molecule has 2 fully saturated rings. The summed E-state index contributed by atoms with van der Waals surface area (Å²) in [7, 11) is 1.74. The maximum absolute atomic E-state index is 12.9. The van der Waals surface area contributed by atoms with Crippen LogP contribution in [0.15, 0.2) is 24.3 Å². The van der Waals surface area contributed by atoms with Crippen LogP contribution in [0.25, 0.3) is 0 Å². The van der Waals surface area contributed by atoms with E-state index >= 15 is 0 Å². The van der Waals surface area contributed by atoms with Crippen molar-refractivity contribution in [3.05, 3.63) is 35.4 Å². The molecular weight excluding hydrogens is 318 g/mol. The molecular formula is C19H27N3O3. The zero-order chi connectivity index (χ0) is 18.0. The Balaban J connectivity index is 1.78. The molecule has 2 atom stereocenters. The van der Waals surface area contributed by atoms with Crippen LogP contribution in [-0.4, -0.2) is 48.6 Å². The number of hydrogen-bond acceptors (Lipinski definition) is 4. The number of hydrogen-bond donors (Lipinski definition) is 2. The first-order valence-electron chi connectivity index (χ1n) is 8.96. The highest BCUT2D eigenvalue weighted by molar-refractivity contribution is 5.86. The van der Waals surface area contributed by atoms with Crippen molar-refractivity contribution in [1.82, 2.24) is 10.2 Å². The van der Waals surface area contributed by atoms with Crippen LogP contribution in [0.3, 0.4) is 0 Å². The van der Waals surface area contributed by atoms with E-state index < -0.39 is 12.1 Å². The van der Waals surface area contributed by atoms with E-state index in [1.54, 1.807) is 11.9 Å². The molecule has 3 N–H and O–H groups in total. The Labute approximate surface area is 148 Å². The summed E-state index contributed by atoms with van der Waals surface area (Å²) in [5.74, 6) is -0.256. The van der Waals surface area contributed by atoms with Crippen molar-refractivity contribution in [2.45, 2.75) is 56.8 Å². The van der Waals surface area contributed by atoms with Gasteiger partial charge in [-0.15, -0.1) is 0 Å². The number of carbonyl (C=O) groups excluding carboxylic acids is 2. The largest absolute Gasteiger partial charge is 0.356 e. The number of aryl methyl sites for hydroxylation is 1. The molecule has 0 aromatic heterocycles. The molecule has 2 amide bonds. The van der Waals surface area contributed by atoms with Crippen LogP contribution < -0.4 is 11.1 Å². The van der Waals surface area contributed by atoms with Gasteiger partial charge in [-0.3, -0.25) is 9.59 Å². The average molecular weight is 345 g/mol. The van der Waals surface area contributed by atoms with E-state index in [4.69, 9.17) is 10.5 Å². The van der Waals surface area contributed by atoms with Gasteiger partial charge in [0.25, 0.3) is 5.91 Å². The lowest BCUT2D eigenvalue weighted by Crippen LogP contribution is -2.55. The van der Waals surface area contributed by atoms with Crippen LogP contribution in [0, 0.1) is 6.92 Å². The number of ether oxygens (including phenoxy) is 1. The summed E-state index contributed by atoms with van der Waals surface area (Å²) in [4.78, 5) is 26.7. The number of nitrogens with zero attached hydrogens (tertiary/aromatic N) is 1. The molecule has 0 radical (unpaired) electrons. The third-order valence-corrected chi connectivity index (χ3v) is 5.37. The van der Waals surface area contributed by atoms with Crippen molar-refractivity contribution in [3.63, 3.8) is 0 Å². The number of carbonyl (C=O) groups is 2. The molecule has 1 heterocycles. The van der Waals surface area contributed by atoms with Crippen molar-refractivity contribution in [3.8, 4) is 0 Å². The lowest BCUT2D eigenvalue weighted by atomic mass is 9.90. The zero-order valence-corrected chi connectivity index (χ0v) is 14.9. The predicted octanol–water partition coefficient (Wildman–Crippen LogP) is 1.28. The Kier molecular flexibility index (Phi) is 5.39. The fourth-order valence-corrected chi connectivity index (χ4v) is 3.77. The molecule has 1 aromatic rings. The van der Waals surface area contributed by atoms with Crippen LogP contribution in [0.2, 0.25) is 0 Å². The average Bonchev–Trinajstić information content (AvgIpc) is 2.60. The molecule has 3 rings (SSSR count). The highest BCUT2D eigenvalue weighted by atomic mass is 16.5. The van der Waals surface area contributed by atoms with Crippen LogP contribution in [0.1, 0.15) is 42.9 Å². The first kappa shape index (κ1) is 17.9. The molecule has 1 saturated heterocycles. The topological polar surface area (TPSA) is 84.7 Å². The van der Waals surface area contributed by atoms with E-state index in [2.05, 4.69) is 5.32 Å². The third kappa shape index (κ3) is 3.85. The van der Waals surface area contributed by atoms with Crippen LogP contribution in [0.4, 0.5) is 0 Å². The number of rotatable bonds is 3. The molecule has 2 aliphatic rings. The van der Waals surface area contributed by atoms with Crippen molar-refractivity contribution in [2.24, 2.45) is 5.73 Å². The molecule has 1 aliphatic carbocycles. The second kappa shape index (κ2) is 7.54. The van der Waals surface area contributed by atoms with Crippen molar-refractivity contribution in [1.29, 1.82) is 0 Å². The van der Waals surface area contributed by atoms with Crippen LogP contribution in [-0.2, 0) is 14.3 Å². The van der Waals surface area contributed by atoms with Crippen LogP contribution >= 0.6 is 0 Å². The Morgan fingerprint density at radius 1 is 1.24 bits per heavy atom. The summed E-state index contributed by atoms with van der Waals surface area (Å²) >= 11 is 0. The molecule has 0 bridgehead atoms. The molecule has 136 valence electrons. The minimum atomic E-state index is -0.695. The molecule has 1 saturated carbocycles. The normalized spacial score (nSPS) is 30.2. The lowest BCUT2D eigenvalue weighted by molar-refractivity contribution is -0.162. The van der Waals surface area contributed by atoms with E-state index in [9.17, 15) is 9.59 Å². The molecule has 6 heteroatoms. The van der Waals surface area contributed by atoms with E-state index in [1.165, 1.54) is 0 Å². The molecule has 1 aliphatic heterocycles. The Morgan fingerprint density at radius 2 is 1.92 bits per heavy atom. The van der Waals surface area contributed by atoms with Gasteiger partial charge in [0.2, 0.25) is 5.91 Å². The van der Waals surface area contributed by atoms with E-state index in [0.29, 0.717) is 0 Å². The van der Waals surface area contributed by atoms with Gasteiger partial charge in [0.1, 0.15) is 6.61 Å². The van der Waals surface area contributed by atoms with Gasteiger partial charge in [0.15, 0.2) is 6.10 Å². The number of morpholine rings is 1. The zero-order valence-electron chi connectivity index (χ0n) is 14.9. The van der Waals surface area contributed by atoms with E-state index in [0.717, 1.165) is 36.8 Å². The number of nitrogens with one attached hydrogen (secondary N) is 1. The van der Waals surface area contributed by atoms with Crippen LogP contribution in [0.5, 0.6) is 0 Å². The predicted molar refractivity (Wildman–Crippen MR) is 94.8 cm³/mol. The SMILES string of the molecule is Cc1ccccc1C1C(C(=O)NC2CCC(N)CC2)OCC(=O)N1C. The van der Waals surface area contributed by atoms with E-state index in [1.807, 2.05) is 31.2 Å². The third-order valence-electron chi connectivity index (χ3n) is 5.37. The van der Waals surface area contributed by atoms with Gasteiger partial charge < -0.3 is 20.7 Å². The minimum Gasteiger partial charge on any atom is -0.356 e. The molecule has 25 heavy (non-hydrogen) atoms. The van der Waals surface area contributed by atoms with Gasteiger partial charge in [0, 0.05) is 19.1 Å². The fourth-order valence-electron chi connectivity index (χ4n) is 3.77. The first-order chi connectivity index (χ1) is 12.0. The van der Waals surface area contributed by atoms with Crippen molar-refractivity contribution >= 4 is 11.8 Å². The molecule has 0 spiro atoms. The van der Waals surface area contributed by atoms with E-state index in [-0.39, 0.29) is 30.5 Å². The first-order valence-corrected chi connectivity index (χ1v) is 8.96. The smallest absolute Gasteiger partial charge is 0.251 e. The highest BCUT2D eigenvalue weighted by Gasteiger charge is 2.41. The Bertz CT molecular complexity index is 641. The Hall–Kier alpha value is -1.92. The van der Waals surface area contributed by atoms with Gasteiger partial charge in [-0.2, -0.15) is 0 Å². The molecule has 1 aromatic carbocycles. The number of amides is 2. The van der Waals surface area contributed by atoms with Gasteiger partial charge in [-0.25, -0.2) is 0 Å². The summed E-state index contributed by atoms with van der Waals surface area (Å²) in [5.41, 5.74) is 7.93. The second-order valence-corrected chi connectivity index (χ2v) is 7.16. The second-order valence-electron chi connectivity index (χ2n) is 7.16. The minimum absolute atomic E-state index is 0.0630. The Morgan fingerprint density at radius 3 is 2.60 bits per heavy atom. The summed E-state index contributed by atoms with van der Waals surface area (Å²) in [6.45, 7) is 1.92. The lowest BCUT2D eigenvalue weighted by Gasteiger charge is -2.39. The summed E-state index contributed by atoms with van der Waals surface area (Å²) in [6.07, 6.45) is 2.94. The maximum Gasteiger partial charge on any atom is 0.251 e. The van der Waals surface area contributed by atoms with Crippen molar-refractivity contribution < 1.29 is 14.3 Å². The monoisotopic (exact) mass is 345 g/mol. The molecule has 6 nitrogen and oxygen atoms in total. The number of benzene rings is 1. The quantitative estimate of drug-likeness (QED) is 0.864. The maximum atomic E-state index is 12.9. The van der Waals surface area contributed by atoms with Gasteiger partial charge in [-0.1, -0.05) is 24.3 Å². The van der Waals surface area contributed by atoms with Gasteiger partial charge in [-0.05, 0) is 43.7 Å². The standard InChI is InChI=1S/C19H27N3O3/c1-12-5-3-4-6-15(12)17-18(25-11-16(23)22(17)2)19(24)21-14-9-7-13(20)8-10-14/h3-6,13-14,17-18H,7-11,20H2,1-2H3,(H,21,24). The number of likely N-dealkylation sites (N-methyl/N-ethyl adjacent to an activating group) is 1. The molecule has 2 unspecified atom stereocenters. The van der Waals surface area contributed by atoms with Crippen molar-refractivity contribution in [2.75, 3.05) is 13.7 Å².